The van der Waals surface area contributed by atoms with Crippen LogP contribution in [0, 0.1) is 0 Å². The maximum Gasteiger partial charge on any atom is 0.240 e. The summed E-state index contributed by atoms with van der Waals surface area (Å²) in [5, 5.41) is 0. The van der Waals surface area contributed by atoms with Crippen molar-refractivity contribution >= 4 is 17.8 Å². The number of nitrogens with zero attached hydrogens (tertiary/aromatic N) is 2. The van der Waals surface area contributed by atoms with Crippen LogP contribution in [0.1, 0.15) is 69.4 Å². The summed E-state index contributed by atoms with van der Waals surface area (Å²) in [5.74, 6) is 0. The molecule has 0 unspecified atom stereocenters. The van der Waals surface area contributed by atoms with E-state index >= 15 is 0 Å². The van der Waals surface area contributed by atoms with Crippen LogP contribution >= 0.6 is 0 Å². The second-order valence-corrected chi connectivity index (χ2v) is 5.80. The van der Waals surface area contributed by atoms with Crippen LogP contribution in [0.4, 0.5) is 5.69 Å². The molecule has 1 aromatic rings. The van der Waals surface area contributed by atoms with Gasteiger partial charge in [-0.1, -0.05) is 64.0 Å². The third kappa shape index (κ3) is 8.25. The summed E-state index contributed by atoms with van der Waals surface area (Å²) in [5.41, 5.74) is 2.54. The topological polar surface area (TPSA) is 58.9 Å². The van der Waals surface area contributed by atoms with E-state index in [0.717, 1.165) is 24.0 Å². The quantitative estimate of drug-likeness (QED) is 0.303. The zero-order valence-electron chi connectivity index (χ0n) is 14.0. The summed E-state index contributed by atoms with van der Waals surface area (Å²) < 4.78 is 0. The van der Waals surface area contributed by atoms with Crippen LogP contribution in [0.5, 0.6) is 0 Å². The van der Waals surface area contributed by atoms with E-state index in [-0.39, 0.29) is 6.54 Å². The van der Waals surface area contributed by atoms with Crippen molar-refractivity contribution in [1.29, 1.82) is 0 Å². The highest BCUT2D eigenvalue weighted by Gasteiger charge is 2.04. The van der Waals surface area contributed by atoms with Crippen molar-refractivity contribution in [2.75, 3.05) is 0 Å². The molecule has 0 bridgehead atoms. The minimum absolute atomic E-state index is 0.267. The number of hydrogen-bond donors (Lipinski definition) is 0. The Kier molecular flexibility index (Phi) is 10.4. The highest BCUT2D eigenvalue weighted by molar-refractivity contribution is 5.55. The van der Waals surface area contributed by atoms with Gasteiger partial charge >= 0.3 is 0 Å². The number of benzene rings is 1. The van der Waals surface area contributed by atoms with Gasteiger partial charge in [-0.25, -0.2) is 14.6 Å². The van der Waals surface area contributed by atoms with E-state index in [1.807, 2.05) is 12.1 Å². The first-order valence-corrected chi connectivity index (χ1v) is 8.55. The molecule has 0 amide bonds. The van der Waals surface area contributed by atoms with E-state index in [0.29, 0.717) is 5.69 Å². The molecule has 0 aliphatic rings. The minimum Gasteiger partial charge on any atom is -0.211 e. The van der Waals surface area contributed by atoms with Crippen LogP contribution < -0.4 is 0 Å². The molecular weight excluding hydrogens is 288 g/mol. The van der Waals surface area contributed by atoms with Crippen molar-refractivity contribution in [1.82, 2.24) is 0 Å². The molecule has 0 N–H and O–H groups in total. The van der Waals surface area contributed by atoms with Gasteiger partial charge in [0.1, 0.15) is 0 Å². The van der Waals surface area contributed by atoms with E-state index in [1.54, 1.807) is 12.1 Å². The standard InChI is InChI=1S/C19H26N2O2/c1-2-3-4-5-6-7-8-9-10-18-12-11-17(14-20-15-22)13-19(18)21-16-23/h11-13H,2-10,14H2,1H3. The van der Waals surface area contributed by atoms with Gasteiger partial charge in [0.15, 0.2) is 0 Å². The molecule has 23 heavy (non-hydrogen) atoms. The third-order valence-electron chi connectivity index (χ3n) is 3.94. The summed E-state index contributed by atoms with van der Waals surface area (Å²) in [4.78, 5) is 28.1. The lowest BCUT2D eigenvalue weighted by atomic mass is 10.0. The number of carbonyl (C=O) groups excluding carboxylic acids is 2. The third-order valence-corrected chi connectivity index (χ3v) is 3.94. The van der Waals surface area contributed by atoms with E-state index < -0.39 is 0 Å². The van der Waals surface area contributed by atoms with E-state index in [2.05, 4.69) is 16.9 Å². The molecule has 1 rings (SSSR count). The molecule has 4 heteroatoms. The molecule has 0 saturated heterocycles. The number of isocyanates is 2. The lowest BCUT2D eigenvalue weighted by Gasteiger charge is -2.07. The van der Waals surface area contributed by atoms with Crippen molar-refractivity contribution in [3.05, 3.63) is 29.3 Å². The molecular formula is C19H26N2O2. The minimum atomic E-state index is 0.267. The molecule has 0 atom stereocenters. The Hall–Kier alpha value is -2.02. The molecule has 0 saturated carbocycles. The van der Waals surface area contributed by atoms with E-state index in [1.165, 1.54) is 51.0 Å². The number of hydrogen-bond acceptors (Lipinski definition) is 4. The molecule has 0 fully saturated rings. The van der Waals surface area contributed by atoms with Crippen molar-refractivity contribution in [2.45, 2.75) is 71.3 Å². The van der Waals surface area contributed by atoms with Crippen LogP contribution in [0.3, 0.4) is 0 Å². The van der Waals surface area contributed by atoms with Gasteiger partial charge < -0.3 is 0 Å². The average molecular weight is 314 g/mol. The van der Waals surface area contributed by atoms with Crippen LogP contribution in [0.25, 0.3) is 0 Å². The van der Waals surface area contributed by atoms with Crippen LogP contribution in [-0.4, -0.2) is 12.2 Å². The Morgan fingerprint density at radius 1 is 0.913 bits per heavy atom. The summed E-state index contributed by atoms with van der Waals surface area (Å²) in [6.45, 7) is 2.50. The van der Waals surface area contributed by atoms with Crippen molar-refractivity contribution < 1.29 is 9.59 Å². The first kappa shape index (κ1) is 19.0. The molecule has 0 aliphatic heterocycles. The zero-order valence-corrected chi connectivity index (χ0v) is 14.0. The van der Waals surface area contributed by atoms with Crippen LogP contribution in [-0.2, 0) is 22.6 Å². The van der Waals surface area contributed by atoms with E-state index in [9.17, 15) is 9.59 Å². The lowest BCUT2D eigenvalue weighted by molar-refractivity contribution is 0.562. The van der Waals surface area contributed by atoms with Gasteiger partial charge in [0.25, 0.3) is 0 Å². The molecule has 4 nitrogen and oxygen atoms in total. The van der Waals surface area contributed by atoms with Gasteiger partial charge in [-0.3, -0.25) is 0 Å². The monoisotopic (exact) mass is 314 g/mol. The first-order valence-electron chi connectivity index (χ1n) is 8.55. The normalized spacial score (nSPS) is 9.96. The van der Waals surface area contributed by atoms with E-state index in [4.69, 9.17) is 0 Å². The number of aliphatic imine (C=N–C) groups is 2. The Labute approximate surface area is 138 Å². The Morgan fingerprint density at radius 2 is 1.61 bits per heavy atom. The fraction of sp³-hybridized carbons (Fsp3) is 0.579. The van der Waals surface area contributed by atoms with Crippen molar-refractivity contribution in [2.24, 2.45) is 9.98 Å². The SMILES string of the molecule is CCCCCCCCCCc1ccc(CN=C=O)cc1N=C=O. The van der Waals surface area contributed by atoms with Crippen LogP contribution in [0.2, 0.25) is 0 Å². The predicted octanol–water partition coefficient (Wildman–Crippen LogP) is 5.17. The second kappa shape index (κ2) is 12.5. The van der Waals surface area contributed by atoms with Gasteiger partial charge in [-0.15, -0.1) is 0 Å². The zero-order chi connectivity index (χ0) is 16.8. The highest BCUT2D eigenvalue weighted by atomic mass is 16.1. The Balaban J connectivity index is 2.43. The molecule has 0 aromatic heterocycles. The Morgan fingerprint density at radius 3 is 2.26 bits per heavy atom. The maximum atomic E-state index is 10.6. The van der Waals surface area contributed by atoms with Crippen LogP contribution in [0.15, 0.2) is 28.2 Å². The smallest absolute Gasteiger partial charge is 0.211 e. The number of aryl methyl sites for hydroxylation is 1. The fourth-order valence-electron chi connectivity index (χ4n) is 2.65. The lowest BCUT2D eigenvalue weighted by Crippen LogP contribution is -1.90. The van der Waals surface area contributed by atoms with Gasteiger partial charge in [0, 0.05) is 0 Å². The largest absolute Gasteiger partial charge is 0.240 e. The maximum absolute atomic E-state index is 10.6. The molecule has 0 aliphatic carbocycles. The van der Waals surface area contributed by atoms with Gasteiger partial charge in [0.05, 0.1) is 12.2 Å². The molecule has 0 spiro atoms. The summed E-state index contributed by atoms with van der Waals surface area (Å²) in [7, 11) is 0. The first-order chi connectivity index (χ1) is 11.3. The summed E-state index contributed by atoms with van der Waals surface area (Å²) >= 11 is 0. The highest BCUT2D eigenvalue weighted by Crippen LogP contribution is 2.23. The number of unbranched alkanes of at least 4 members (excludes halogenated alkanes) is 7. The predicted molar refractivity (Wildman–Crippen MR) is 92.4 cm³/mol. The average Bonchev–Trinajstić information content (AvgIpc) is 2.57. The van der Waals surface area contributed by atoms with Crippen molar-refractivity contribution in [3.8, 4) is 0 Å². The molecule has 0 heterocycles. The summed E-state index contributed by atoms with van der Waals surface area (Å²) in [6, 6.07) is 5.68. The molecule has 0 radical (unpaired) electrons. The second-order valence-electron chi connectivity index (χ2n) is 5.80. The van der Waals surface area contributed by atoms with Crippen molar-refractivity contribution in [3.63, 3.8) is 0 Å². The Bertz CT molecular complexity index is 556. The van der Waals surface area contributed by atoms with Gasteiger partial charge in [-0.2, -0.15) is 4.99 Å². The molecule has 124 valence electrons. The van der Waals surface area contributed by atoms with Gasteiger partial charge in [-0.05, 0) is 30.0 Å². The number of rotatable bonds is 12. The summed E-state index contributed by atoms with van der Waals surface area (Å²) in [6.07, 6.45) is 14.2. The fourth-order valence-corrected chi connectivity index (χ4v) is 2.65. The molecule has 1 aromatic carbocycles. The van der Waals surface area contributed by atoms with Gasteiger partial charge in [0.2, 0.25) is 12.2 Å².